The molecule has 1 saturated heterocycles. The van der Waals surface area contributed by atoms with E-state index in [1.165, 1.54) is 12.3 Å². The van der Waals surface area contributed by atoms with E-state index >= 15 is 0 Å². The topological polar surface area (TPSA) is 41.4 Å². The van der Waals surface area contributed by atoms with Gasteiger partial charge >= 0.3 is 6.55 Å². The van der Waals surface area contributed by atoms with Gasteiger partial charge in [-0.3, -0.25) is 9.69 Å². The molecule has 0 unspecified atom stereocenters. The third-order valence-corrected chi connectivity index (χ3v) is 4.31. The van der Waals surface area contributed by atoms with Gasteiger partial charge in [0.1, 0.15) is 5.69 Å². The lowest BCUT2D eigenvalue weighted by molar-refractivity contribution is 0.0424. The normalized spacial score (nSPS) is 15.9. The number of benzene rings is 1. The number of carbonyl (C=O) groups is 1. The SMILES string of the molecule is O=C(c1ccnn1C(F)F)N1CCN(Cc2ccc(Cl)cc2)CC1. The minimum atomic E-state index is -2.81. The van der Waals surface area contributed by atoms with Crippen LogP contribution in [0, 0.1) is 0 Å². The molecule has 0 radical (unpaired) electrons. The molecule has 0 N–H and O–H groups in total. The summed E-state index contributed by atoms with van der Waals surface area (Å²) in [6.45, 7) is 0.342. The summed E-state index contributed by atoms with van der Waals surface area (Å²) in [7, 11) is 0. The molecule has 0 bridgehead atoms. The zero-order valence-corrected chi connectivity index (χ0v) is 13.7. The van der Waals surface area contributed by atoms with Crippen LogP contribution in [-0.4, -0.2) is 51.7 Å². The molecule has 8 heteroatoms. The van der Waals surface area contributed by atoms with E-state index < -0.39 is 12.5 Å². The van der Waals surface area contributed by atoms with Gasteiger partial charge in [0.15, 0.2) is 0 Å². The van der Waals surface area contributed by atoms with Crippen LogP contribution in [0.1, 0.15) is 22.6 Å². The van der Waals surface area contributed by atoms with Crippen LogP contribution < -0.4 is 0 Å². The summed E-state index contributed by atoms with van der Waals surface area (Å²) in [5.74, 6) is -0.404. The Hall–Kier alpha value is -1.99. The van der Waals surface area contributed by atoms with E-state index in [0.29, 0.717) is 35.9 Å². The zero-order chi connectivity index (χ0) is 17.1. The monoisotopic (exact) mass is 354 g/mol. The number of halogens is 3. The summed E-state index contributed by atoms with van der Waals surface area (Å²) in [5.41, 5.74) is 1.08. The molecule has 3 rings (SSSR count). The molecule has 24 heavy (non-hydrogen) atoms. The maximum Gasteiger partial charge on any atom is 0.333 e. The fourth-order valence-electron chi connectivity index (χ4n) is 2.76. The first-order chi connectivity index (χ1) is 11.5. The number of carbonyl (C=O) groups excluding carboxylic acids is 1. The van der Waals surface area contributed by atoms with Gasteiger partial charge in [-0.15, -0.1) is 0 Å². The molecule has 2 heterocycles. The van der Waals surface area contributed by atoms with Crippen LogP contribution in [0.25, 0.3) is 0 Å². The van der Waals surface area contributed by atoms with Crippen molar-refractivity contribution < 1.29 is 13.6 Å². The maximum absolute atomic E-state index is 12.8. The molecule has 0 atom stereocenters. The van der Waals surface area contributed by atoms with Crippen molar-refractivity contribution in [3.05, 3.63) is 52.8 Å². The van der Waals surface area contributed by atoms with Crippen molar-refractivity contribution in [3.63, 3.8) is 0 Å². The van der Waals surface area contributed by atoms with Crippen LogP contribution in [0.5, 0.6) is 0 Å². The Labute approximate surface area is 143 Å². The standard InChI is InChI=1S/C16H17ClF2N4O/c17-13-3-1-12(2-4-13)11-21-7-9-22(10-8-21)15(24)14-5-6-20-23(14)16(18)19/h1-6,16H,7-11H2. The Morgan fingerprint density at radius 3 is 2.42 bits per heavy atom. The van der Waals surface area contributed by atoms with Crippen molar-refractivity contribution in [2.75, 3.05) is 26.2 Å². The molecular formula is C16H17ClF2N4O. The molecule has 0 saturated carbocycles. The highest BCUT2D eigenvalue weighted by Gasteiger charge is 2.26. The third-order valence-electron chi connectivity index (χ3n) is 4.05. The first-order valence-electron chi connectivity index (χ1n) is 7.62. The summed E-state index contributed by atoms with van der Waals surface area (Å²) in [4.78, 5) is 16.2. The van der Waals surface area contributed by atoms with Gasteiger partial charge in [0, 0.05) is 43.9 Å². The molecule has 1 amide bonds. The predicted octanol–water partition coefficient (Wildman–Crippen LogP) is 2.89. The number of nitrogens with zero attached hydrogens (tertiary/aromatic N) is 4. The van der Waals surface area contributed by atoms with E-state index in [1.807, 2.05) is 24.3 Å². The lowest BCUT2D eigenvalue weighted by atomic mass is 10.2. The first kappa shape index (κ1) is 16.9. The van der Waals surface area contributed by atoms with E-state index in [9.17, 15) is 13.6 Å². The smallest absolute Gasteiger partial charge is 0.333 e. The summed E-state index contributed by atoms with van der Waals surface area (Å²) in [6.07, 6.45) is 1.22. The zero-order valence-electron chi connectivity index (χ0n) is 12.9. The average Bonchev–Trinajstić information content (AvgIpc) is 3.07. The van der Waals surface area contributed by atoms with Gasteiger partial charge in [0.05, 0.1) is 0 Å². The summed E-state index contributed by atoms with van der Waals surface area (Å²) in [5, 5.41) is 4.21. The second-order valence-corrected chi connectivity index (χ2v) is 6.07. The van der Waals surface area contributed by atoms with Crippen molar-refractivity contribution in [1.82, 2.24) is 19.6 Å². The molecule has 1 aliphatic rings. The van der Waals surface area contributed by atoms with Crippen LogP contribution in [-0.2, 0) is 6.54 Å². The minimum Gasteiger partial charge on any atom is -0.335 e. The quantitative estimate of drug-likeness (QED) is 0.847. The van der Waals surface area contributed by atoms with E-state index in [1.54, 1.807) is 4.90 Å². The highest BCUT2D eigenvalue weighted by atomic mass is 35.5. The van der Waals surface area contributed by atoms with Gasteiger partial charge < -0.3 is 4.90 Å². The number of hydrogen-bond donors (Lipinski definition) is 0. The number of rotatable bonds is 4. The molecule has 0 aliphatic carbocycles. The molecule has 2 aromatic rings. The van der Waals surface area contributed by atoms with Gasteiger partial charge in [-0.1, -0.05) is 23.7 Å². The predicted molar refractivity (Wildman–Crippen MR) is 86.1 cm³/mol. The number of piperazine rings is 1. The van der Waals surface area contributed by atoms with Gasteiger partial charge in [-0.2, -0.15) is 18.6 Å². The Balaban J connectivity index is 1.57. The summed E-state index contributed by atoms with van der Waals surface area (Å²) < 4.78 is 26.1. The molecule has 5 nitrogen and oxygen atoms in total. The summed E-state index contributed by atoms with van der Waals surface area (Å²) >= 11 is 5.87. The minimum absolute atomic E-state index is 0.0730. The molecule has 1 fully saturated rings. The Morgan fingerprint density at radius 2 is 1.79 bits per heavy atom. The second-order valence-electron chi connectivity index (χ2n) is 5.63. The van der Waals surface area contributed by atoms with E-state index in [0.717, 1.165) is 12.1 Å². The van der Waals surface area contributed by atoms with Crippen molar-refractivity contribution >= 4 is 17.5 Å². The third kappa shape index (κ3) is 3.73. The van der Waals surface area contributed by atoms with Gasteiger partial charge in [0.2, 0.25) is 0 Å². The lowest BCUT2D eigenvalue weighted by Crippen LogP contribution is -2.48. The van der Waals surface area contributed by atoms with Crippen molar-refractivity contribution in [3.8, 4) is 0 Å². The van der Waals surface area contributed by atoms with Crippen LogP contribution in [0.4, 0.5) is 8.78 Å². The Bertz CT molecular complexity index is 696. The Morgan fingerprint density at radius 1 is 1.12 bits per heavy atom. The Kier molecular flexibility index (Phi) is 5.11. The molecule has 1 aromatic heterocycles. The van der Waals surface area contributed by atoms with Crippen molar-refractivity contribution in [2.24, 2.45) is 0 Å². The van der Waals surface area contributed by atoms with Crippen molar-refractivity contribution in [1.29, 1.82) is 0 Å². The highest BCUT2D eigenvalue weighted by molar-refractivity contribution is 6.30. The van der Waals surface area contributed by atoms with Crippen LogP contribution >= 0.6 is 11.6 Å². The summed E-state index contributed by atoms with van der Waals surface area (Å²) in [6, 6.07) is 8.97. The van der Waals surface area contributed by atoms with Crippen LogP contribution in [0.3, 0.4) is 0 Å². The molecule has 0 spiro atoms. The molecule has 1 aliphatic heterocycles. The second kappa shape index (κ2) is 7.27. The molecule has 128 valence electrons. The molecule has 1 aromatic carbocycles. The average molecular weight is 355 g/mol. The number of alkyl halides is 2. The largest absolute Gasteiger partial charge is 0.335 e. The number of aromatic nitrogens is 2. The fourth-order valence-corrected chi connectivity index (χ4v) is 2.88. The number of amides is 1. The van der Waals surface area contributed by atoms with E-state index in [-0.39, 0.29) is 5.69 Å². The highest BCUT2D eigenvalue weighted by Crippen LogP contribution is 2.16. The van der Waals surface area contributed by atoms with Crippen molar-refractivity contribution in [2.45, 2.75) is 13.1 Å². The molecular weight excluding hydrogens is 338 g/mol. The lowest BCUT2D eigenvalue weighted by Gasteiger charge is -2.34. The fraction of sp³-hybridized carbons (Fsp3) is 0.375. The van der Waals surface area contributed by atoms with Gasteiger partial charge in [-0.25, -0.2) is 0 Å². The maximum atomic E-state index is 12.8. The van der Waals surface area contributed by atoms with E-state index in [2.05, 4.69) is 10.00 Å². The van der Waals surface area contributed by atoms with E-state index in [4.69, 9.17) is 11.6 Å². The van der Waals surface area contributed by atoms with Crippen LogP contribution in [0.15, 0.2) is 36.5 Å². The van der Waals surface area contributed by atoms with Crippen LogP contribution in [0.2, 0.25) is 5.02 Å². The van der Waals surface area contributed by atoms with Gasteiger partial charge in [0.25, 0.3) is 5.91 Å². The number of hydrogen-bond acceptors (Lipinski definition) is 3. The first-order valence-corrected chi connectivity index (χ1v) is 8.00. The van der Waals surface area contributed by atoms with Gasteiger partial charge in [-0.05, 0) is 23.8 Å².